The van der Waals surface area contributed by atoms with E-state index in [0.29, 0.717) is 6.42 Å². The van der Waals surface area contributed by atoms with Crippen molar-refractivity contribution in [2.45, 2.75) is 50.5 Å². The van der Waals surface area contributed by atoms with Crippen LogP contribution in [-0.4, -0.2) is 16.9 Å². The molecule has 0 unspecified atom stereocenters. The summed E-state index contributed by atoms with van der Waals surface area (Å²) < 4.78 is 0. The molecular weight excluding hydrogens is 420 g/mol. The summed E-state index contributed by atoms with van der Waals surface area (Å²) in [6, 6.07) is 1.33. The number of thiophene rings is 2. The highest BCUT2D eigenvalue weighted by Crippen LogP contribution is 2.45. The van der Waals surface area contributed by atoms with Gasteiger partial charge in [0.05, 0.1) is 5.69 Å². The van der Waals surface area contributed by atoms with E-state index >= 15 is 0 Å². The number of aryl methyl sites for hydroxylation is 3. The third kappa shape index (κ3) is 2.22. The van der Waals surface area contributed by atoms with Gasteiger partial charge >= 0.3 is 6.03 Å². The highest BCUT2D eigenvalue weighted by Gasteiger charge is 2.55. The number of carbonyl (C=O) groups excluding carboxylic acids is 2. The molecule has 0 radical (unpaired) electrons. The average Bonchev–Trinajstić information content (AvgIpc) is 3.40. The van der Waals surface area contributed by atoms with E-state index in [1.54, 1.807) is 22.7 Å². The van der Waals surface area contributed by atoms with E-state index in [0.717, 1.165) is 69.6 Å². The van der Waals surface area contributed by atoms with Gasteiger partial charge < -0.3 is 16.0 Å². The molecule has 7 nitrogen and oxygen atoms in total. The number of carbonyl (C=O) groups is 2. The summed E-state index contributed by atoms with van der Waals surface area (Å²) in [7, 11) is 0. The van der Waals surface area contributed by atoms with Crippen molar-refractivity contribution in [3.63, 3.8) is 0 Å². The van der Waals surface area contributed by atoms with Gasteiger partial charge in [-0.05, 0) is 62.0 Å². The Morgan fingerprint density at radius 1 is 1.07 bits per heavy atom. The smallest absolute Gasteiger partial charge is 0.330 e. The normalized spacial score (nSPS) is 23.1. The number of nitrogens with two attached hydrogens (primary N) is 1. The van der Waals surface area contributed by atoms with Crippen molar-refractivity contribution >= 4 is 56.2 Å². The molecule has 1 aliphatic heterocycles. The van der Waals surface area contributed by atoms with Gasteiger partial charge in [-0.15, -0.1) is 22.7 Å². The van der Waals surface area contributed by atoms with Crippen molar-refractivity contribution in [1.29, 1.82) is 0 Å². The molecule has 1 fully saturated rings. The van der Waals surface area contributed by atoms with Gasteiger partial charge in [0, 0.05) is 20.7 Å². The number of imide groups is 1. The Bertz CT molecular complexity index is 1300. The minimum atomic E-state index is -1.10. The number of hydrogen-bond donors (Lipinski definition) is 3. The largest absolute Gasteiger partial charge is 0.396 e. The van der Waals surface area contributed by atoms with Gasteiger partial charge in [-0.3, -0.25) is 9.59 Å². The summed E-state index contributed by atoms with van der Waals surface area (Å²) in [4.78, 5) is 46.7. The van der Waals surface area contributed by atoms with E-state index in [4.69, 9.17) is 5.73 Å². The predicted octanol–water partition coefficient (Wildman–Crippen LogP) is 3.40. The number of aromatic amines is 1. The van der Waals surface area contributed by atoms with E-state index in [9.17, 15) is 14.4 Å². The van der Waals surface area contributed by atoms with E-state index < -0.39 is 23.0 Å². The van der Waals surface area contributed by atoms with Crippen molar-refractivity contribution < 1.29 is 9.59 Å². The van der Waals surface area contributed by atoms with Gasteiger partial charge in [0.15, 0.2) is 0 Å². The molecule has 0 aromatic carbocycles. The van der Waals surface area contributed by atoms with E-state index in [2.05, 4.69) is 10.3 Å². The first-order valence-corrected chi connectivity index (χ1v) is 11.9. The summed E-state index contributed by atoms with van der Waals surface area (Å²) in [5.41, 5.74) is 7.08. The number of aromatic nitrogens is 1. The van der Waals surface area contributed by atoms with Crippen LogP contribution in [0, 0.1) is 0 Å². The van der Waals surface area contributed by atoms with Crippen LogP contribution in [0.1, 0.15) is 46.6 Å². The van der Waals surface area contributed by atoms with Gasteiger partial charge in [-0.25, -0.2) is 9.69 Å². The molecule has 1 saturated heterocycles. The molecule has 9 heteroatoms. The first kappa shape index (κ1) is 18.1. The number of amides is 3. The topological polar surface area (TPSA) is 108 Å². The first-order valence-electron chi connectivity index (χ1n) is 10.2. The minimum Gasteiger partial charge on any atom is -0.396 e. The molecule has 0 bridgehead atoms. The lowest BCUT2D eigenvalue weighted by Crippen LogP contribution is -2.46. The molecule has 4 N–H and O–H groups in total. The van der Waals surface area contributed by atoms with Crippen LogP contribution < -0.4 is 21.5 Å². The summed E-state index contributed by atoms with van der Waals surface area (Å²) >= 11 is 3.15. The molecule has 154 valence electrons. The van der Waals surface area contributed by atoms with Crippen molar-refractivity contribution in [1.82, 2.24) is 10.3 Å². The van der Waals surface area contributed by atoms with Crippen molar-refractivity contribution in [3.8, 4) is 0 Å². The lowest BCUT2D eigenvalue weighted by Gasteiger charge is -2.31. The average molecular weight is 441 g/mol. The molecule has 0 saturated carbocycles. The van der Waals surface area contributed by atoms with E-state index in [1.165, 1.54) is 4.88 Å². The SMILES string of the molecule is Nc1c(N2C(=O)N[C@@]3(CCCc4sccc43)C2=O)c(=O)[nH]c2sc3c(c12)CCCC3. The molecule has 3 aromatic heterocycles. The Kier molecular flexibility index (Phi) is 3.74. The highest BCUT2D eigenvalue weighted by atomic mass is 32.1. The number of pyridine rings is 1. The van der Waals surface area contributed by atoms with Crippen LogP contribution in [0.5, 0.6) is 0 Å². The maximum absolute atomic E-state index is 13.7. The number of fused-ring (bicyclic) bond motifs is 5. The zero-order valence-corrected chi connectivity index (χ0v) is 17.8. The number of anilines is 2. The molecule has 3 aromatic rings. The zero-order valence-electron chi connectivity index (χ0n) is 16.2. The number of hydrogen-bond acceptors (Lipinski definition) is 6. The second kappa shape index (κ2) is 6.18. The lowest BCUT2D eigenvalue weighted by atomic mass is 9.80. The number of nitrogens with zero attached hydrogens (tertiary/aromatic N) is 1. The second-order valence-electron chi connectivity index (χ2n) is 8.22. The molecule has 1 atom stereocenters. The van der Waals surface area contributed by atoms with E-state index in [-0.39, 0.29) is 11.4 Å². The molecule has 1 spiro atoms. The molecule has 30 heavy (non-hydrogen) atoms. The summed E-state index contributed by atoms with van der Waals surface area (Å²) in [5, 5.41) is 5.65. The van der Waals surface area contributed by atoms with Gasteiger partial charge in [0.1, 0.15) is 16.1 Å². The minimum absolute atomic E-state index is 0.0459. The van der Waals surface area contributed by atoms with Crippen LogP contribution in [0.25, 0.3) is 10.2 Å². The predicted molar refractivity (Wildman–Crippen MR) is 118 cm³/mol. The summed E-state index contributed by atoms with van der Waals surface area (Å²) in [6.07, 6.45) is 6.27. The van der Waals surface area contributed by atoms with Crippen LogP contribution >= 0.6 is 22.7 Å². The first-order chi connectivity index (χ1) is 14.5. The van der Waals surface area contributed by atoms with Crippen LogP contribution in [0.15, 0.2) is 16.2 Å². The Morgan fingerprint density at radius 2 is 1.87 bits per heavy atom. The van der Waals surface area contributed by atoms with Crippen molar-refractivity contribution in [2.24, 2.45) is 0 Å². The van der Waals surface area contributed by atoms with Gasteiger partial charge in [-0.1, -0.05) is 0 Å². The summed E-state index contributed by atoms with van der Waals surface area (Å²) in [6.45, 7) is 0. The molecular formula is C21H20N4O3S2. The zero-order chi connectivity index (χ0) is 20.6. The van der Waals surface area contributed by atoms with Crippen molar-refractivity contribution in [2.75, 3.05) is 10.6 Å². The number of urea groups is 1. The van der Waals surface area contributed by atoms with Crippen LogP contribution in [0.2, 0.25) is 0 Å². The molecule has 3 aliphatic rings. The van der Waals surface area contributed by atoms with E-state index in [1.807, 2.05) is 11.4 Å². The number of nitrogens with one attached hydrogen (secondary N) is 2. The third-order valence-electron chi connectivity index (χ3n) is 6.61. The molecule has 3 amide bonds. The number of H-pyrrole nitrogens is 1. The molecule has 6 rings (SSSR count). The maximum Gasteiger partial charge on any atom is 0.330 e. The van der Waals surface area contributed by atoms with Gasteiger partial charge in [-0.2, -0.15) is 0 Å². The highest BCUT2D eigenvalue weighted by molar-refractivity contribution is 7.19. The van der Waals surface area contributed by atoms with Gasteiger partial charge in [0.2, 0.25) is 0 Å². The quantitative estimate of drug-likeness (QED) is 0.504. The molecule has 2 aliphatic carbocycles. The van der Waals surface area contributed by atoms with Crippen LogP contribution in [-0.2, 0) is 29.6 Å². The molecule has 4 heterocycles. The Hall–Kier alpha value is -2.65. The van der Waals surface area contributed by atoms with Crippen molar-refractivity contribution in [3.05, 3.63) is 42.7 Å². The number of nitrogen functional groups attached to an aromatic ring is 1. The standard InChI is InChI=1S/C21H20N4O3S2/c22-15-14-10-4-1-2-5-12(10)30-18(14)23-17(26)16(15)25-19(27)21(24-20(25)28)8-3-6-13-11(21)7-9-29-13/h7,9H,1-6,8H2,(H,24,28)(H3,22,23,26)/t21-/m1/s1. The fourth-order valence-corrected chi connectivity index (χ4v) is 7.56. The second-order valence-corrected chi connectivity index (χ2v) is 10.3. The summed E-state index contributed by atoms with van der Waals surface area (Å²) in [5.74, 6) is -0.410. The lowest BCUT2D eigenvalue weighted by molar-refractivity contribution is -0.122. The monoisotopic (exact) mass is 440 g/mol. The van der Waals surface area contributed by atoms with Crippen LogP contribution in [0.3, 0.4) is 0 Å². The Balaban J connectivity index is 1.54. The van der Waals surface area contributed by atoms with Gasteiger partial charge in [0.25, 0.3) is 11.5 Å². The fourth-order valence-electron chi connectivity index (χ4n) is 5.26. The fraction of sp³-hybridized carbons (Fsp3) is 0.381. The van der Waals surface area contributed by atoms with Crippen LogP contribution in [0.4, 0.5) is 16.2 Å². The Morgan fingerprint density at radius 3 is 2.73 bits per heavy atom. The third-order valence-corrected chi connectivity index (χ3v) is 8.80. The number of rotatable bonds is 1. The maximum atomic E-state index is 13.7. The Labute approximate surface area is 179 Å².